The average molecular weight is 203 g/mol. The number of hydrogen-bond acceptors (Lipinski definition) is 1. The monoisotopic (exact) mass is 203 g/mol. The van der Waals surface area contributed by atoms with Gasteiger partial charge in [-0.1, -0.05) is 18.6 Å². The molecule has 0 bridgehead atoms. The predicted molar refractivity (Wildman–Crippen MR) is 50.0 cm³/mol. The van der Waals surface area contributed by atoms with Gasteiger partial charge in [0, 0.05) is 5.69 Å². The highest BCUT2D eigenvalue weighted by atomic mass is 19.4. The van der Waals surface area contributed by atoms with E-state index in [0.717, 1.165) is 6.07 Å². The van der Waals surface area contributed by atoms with E-state index in [9.17, 15) is 13.2 Å². The molecule has 0 radical (unpaired) electrons. The molecule has 0 spiro atoms. The number of rotatable bonds is 1. The molecule has 0 amide bonds. The number of nitrogens with two attached hydrogens (primary N) is 1. The van der Waals surface area contributed by atoms with Crippen LogP contribution in [0.5, 0.6) is 0 Å². The summed E-state index contributed by atoms with van der Waals surface area (Å²) in [5.74, 6) is 0. The van der Waals surface area contributed by atoms with E-state index in [1.165, 1.54) is 0 Å². The van der Waals surface area contributed by atoms with Crippen molar-refractivity contribution in [1.82, 2.24) is 0 Å². The Morgan fingerprint density at radius 3 is 2.29 bits per heavy atom. The van der Waals surface area contributed by atoms with E-state index < -0.39 is 11.7 Å². The Morgan fingerprint density at radius 2 is 1.86 bits per heavy atom. The Labute approximate surface area is 80.7 Å². The largest absolute Gasteiger partial charge is 0.418 e. The third-order valence-corrected chi connectivity index (χ3v) is 2.10. The Hall–Kier alpha value is -1.19. The van der Waals surface area contributed by atoms with Crippen molar-refractivity contribution >= 4 is 5.69 Å². The molecular formula is C10H12F3N. The molecule has 0 fully saturated rings. The lowest BCUT2D eigenvalue weighted by Gasteiger charge is -2.14. The van der Waals surface area contributed by atoms with Crippen molar-refractivity contribution in [3.8, 4) is 0 Å². The predicted octanol–water partition coefficient (Wildman–Crippen LogP) is 3.16. The summed E-state index contributed by atoms with van der Waals surface area (Å²) in [7, 11) is 0. The molecule has 4 heteroatoms. The van der Waals surface area contributed by atoms with Gasteiger partial charge in [0.1, 0.15) is 0 Å². The fourth-order valence-corrected chi connectivity index (χ4v) is 1.40. The van der Waals surface area contributed by atoms with E-state index in [-0.39, 0.29) is 5.69 Å². The number of halogens is 3. The van der Waals surface area contributed by atoms with Crippen molar-refractivity contribution in [1.29, 1.82) is 0 Å². The molecule has 0 aromatic heterocycles. The molecule has 1 nitrogen and oxygen atoms in total. The topological polar surface area (TPSA) is 26.0 Å². The Bertz CT molecular complexity index is 342. The molecule has 0 heterocycles. The van der Waals surface area contributed by atoms with Gasteiger partial charge in [-0.2, -0.15) is 13.2 Å². The molecule has 2 N–H and O–H groups in total. The maximum absolute atomic E-state index is 12.5. The van der Waals surface area contributed by atoms with Crippen molar-refractivity contribution in [3.63, 3.8) is 0 Å². The summed E-state index contributed by atoms with van der Waals surface area (Å²) in [5.41, 5.74) is 5.69. The summed E-state index contributed by atoms with van der Waals surface area (Å²) >= 11 is 0. The lowest BCUT2D eigenvalue weighted by molar-refractivity contribution is -0.137. The van der Waals surface area contributed by atoms with Crippen LogP contribution in [-0.2, 0) is 12.6 Å². The van der Waals surface area contributed by atoms with Gasteiger partial charge >= 0.3 is 6.18 Å². The number of hydrogen-bond donors (Lipinski definition) is 1. The maximum atomic E-state index is 12.5. The van der Waals surface area contributed by atoms with Crippen LogP contribution in [0.2, 0.25) is 0 Å². The van der Waals surface area contributed by atoms with Crippen LogP contribution in [0.15, 0.2) is 12.1 Å². The lowest BCUT2D eigenvalue weighted by Crippen LogP contribution is -2.11. The van der Waals surface area contributed by atoms with Gasteiger partial charge in [0.2, 0.25) is 0 Å². The molecule has 1 aromatic carbocycles. The zero-order valence-electron chi connectivity index (χ0n) is 8.07. The number of aryl methyl sites for hydroxylation is 2. The van der Waals surface area contributed by atoms with Crippen LogP contribution >= 0.6 is 0 Å². The third kappa shape index (κ3) is 2.00. The molecule has 0 unspecified atom stereocenters. The van der Waals surface area contributed by atoms with Crippen LogP contribution in [0.3, 0.4) is 0 Å². The zero-order chi connectivity index (χ0) is 10.9. The molecule has 14 heavy (non-hydrogen) atoms. The van der Waals surface area contributed by atoms with E-state index in [1.807, 2.05) is 0 Å². The minimum Gasteiger partial charge on any atom is -0.398 e. The highest BCUT2D eigenvalue weighted by Gasteiger charge is 2.33. The molecule has 0 aliphatic rings. The van der Waals surface area contributed by atoms with Gasteiger partial charge in [0.25, 0.3) is 0 Å². The van der Waals surface area contributed by atoms with Gasteiger partial charge < -0.3 is 5.73 Å². The SMILES string of the molecule is CCc1cc(C)cc(C(F)(F)F)c1N. The van der Waals surface area contributed by atoms with E-state index >= 15 is 0 Å². The summed E-state index contributed by atoms with van der Waals surface area (Å²) in [6, 6.07) is 2.76. The van der Waals surface area contributed by atoms with Gasteiger partial charge in [0.15, 0.2) is 0 Å². The Morgan fingerprint density at radius 1 is 1.29 bits per heavy atom. The second kappa shape index (κ2) is 3.52. The number of benzene rings is 1. The van der Waals surface area contributed by atoms with Crippen molar-refractivity contribution in [2.24, 2.45) is 0 Å². The van der Waals surface area contributed by atoms with Gasteiger partial charge in [0.05, 0.1) is 5.56 Å². The molecule has 0 saturated carbocycles. The first kappa shape index (κ1) is 10.9. The molecule has 78 valence electrons. The highest BCUT2D eigenvalue weighted by Crippen LogP contribution is 2.35. The van der Waals surface area contributed by atoms with Crippen molar-refractivity contribution < 1.29 is 13.2 Å². The summed E-state index contributed by atoms with van der Waals surface area (Å²) < 4.78 is 37.4. The first-order valence-electron chi connectivity index (χ1n) is 4.32. The molecule has 0 atom stereocenters. The van der Waals surface area contributed by atoms with Crippen molar-refractivity contribution in [3.05, 3.63) is 28.8 Å². The molecule has 0 aliphatic heterocycles. The number of alkyl halides is 3. The summed E-state index contributed by atoms with van der Waals surface area (Å²) in [5, 5.41) is 0. The van der Waals surface area contributed by atoms with Gasteiger partial charge in [-0.15, -0.1) is 0 Å². The van der Waals surface area contributed by atoms with Crippen LogP contribution in [0.1, 0.15) is 23.6 Å². The molecule has 0 aliphatic carbocycles. The number of anilines is 1. The number of nitrogen functional groups attached to an aromatic ring is 1. The van der Waals surface area contributed by atoms with Crippen molar-refractivity contribution in [2.75, 3.05) is 5.73 Å². The first-order valence-corrected chi connectivity index (χ1v) is 4.32. The fraction of sp³-hybridized carbons (Fsp3) is 0.400. The molecule has 1 aromatic rings. The van der Waals surface area contributed by atoms with E-state index in [2.05, 4.69) is 0 Å². The second-order valence-corrected chi connectivity index (χ2v) is 3.24. The standard InChI is InChI=1S/C10H12F3N/c1-3-7-4-6(2)5-8(9(7)14)10(11,12)13/h4-5H,3,14H2,1-2H3. The van der Waals surface area contributed by atoms with E-state index in [0.29, 0.717) is 17.5 Å². The second-order valence-electron chi connectivity index (χ2n) is 3.24. The first-order chi connectivity index (χ1) is 6.36. The quantitative estimate of drug-likeness (QED) is 0.697. The van der Waals surface area contributed by atoms with Gasteiger partial charge in [-0.25, -0.2) is 0 Å². The highest BCUT2D eigenvalue weighted by molar-refractivity contribution is 5.56. The van der Waals surface area contributed by atoms with Crippen LogP contribution < -0.4 is 5.73 Å². The maximum Gasteiger partial charge on any atom is 0.418 e. The van der Waals surface area contributed by atoms with Crippen LogP contribution in [0, 0.1) is 6.92 Å². The molecular weight excluding hydrogens is 191 g/mol. The van der Waals surface area contributed by atoms with E-state index in [4.69, 9.17) is 5.73 Å². The molecule has 0 saturated heterocycles. The summed E-state index contributed by atoms with van der Waals surface area (Å²) in [6.45, 7) is 3.42. The fourth-order valence-electron chi connectivity index (χ4n) is 1.40. The lowest BCUT2D eigenvalue weighted by atomic mass is 10.0. The Balaban J connectivity index is 3.37. The Kier molecular flexibility index (Phi) is 2.73. The minimum absolute atomic E-state index is 0.148. The van der Waals surface area contributed by atoms with Crippen LogP contribution in [0.4, 0.5) is 18.9 Å². The normalized spacial score (nSPS) is 11.8. The minimum atomic E-state index is -4.36. The third-order valence-electron chi connectivity index (χ3n) is 2.10. The van der Waals surface area contributed by atoms with Gasteiger partial charge in [-0.05, 0) is 25.0 Å². The van der Waals surface area contributed by atoms with E-state index in [1.54, 1.807) is 19.9 Å². The van der Waals surface area contributed by atoms with Crippen LogP contribution in [-0.4, -0.2) is 0 Å². The molecule has 1 rings (SSSR count). The smallest absolute Gasteiger partial charge is 0.398 e. The van der Waals surface area contributed by atoms with Crippen molar-refractivity contribution in [2.45, 2.75) is 26.4 Å². The summed E-state index contributed by atoms with van der Waals surface area (Å²) in [4.78, 5) is 0. The summed E-state index contributed by atoms with van der Waals surface area (Å²) in [6.07, 6.45) is -3.85. The average Bonchev–Trinajstić information content (AvgIpc) is 2.06. The van der Waals surface area contributed by atoms with Gasteiger partial charge in [-0.3, -0.25) is 0 Å². The zero-order valence-corrected chi connectivity index (χ0v) is 8.07. The van der Waals surface area contributed by atoms with Crippen LogP contribution in [0.25, 0.3) is 0 Å².